The molecule has 1 unspecified atom stereocenters. The summed E-state index contributed by atoms with van der Waals surface area (Å²) in [4.78, 5) is 16.9. The van der Waals surface area contributed by atoms with Crippen molar-refractivity contribution in [2.24, 2.45) is 4.99 Å². The van der Waals surface area contributed by atoms with Crippen LogP contribution in [0.4, 0.5) is 5.82 Å². The van der Waals surface area contributed by atoms with Crippen LogP contribution in [-0.2, 0) is 6.54 Å². The quantitative estimate of drug-likeness (QED) is 0.368. The predicted octanol–water partition coefficient (Wildman–Crippen LogP) is 2.74. The third-order valence-electron chi connectivity index (χ3n) is 5.30. The van der Waals surface area contributed by atoms with E-state index in [1.165, 1.54) is 17.7 Å². The van der Waals surface area contributed by atoms with E-state index in [0.717, 1.165) is 57.6 Å². The molecular weight excluding hydrogens is 483 g/mol. The van der Waals surface area contributed by atoms with Gasteiger partial charge in [-0.05, 0) is 26.5 Å². The summed E-state index contributed by atoms with van der Waals surface area (Å²) in [5.74, 6) is 3.33. The minimum absolute atomic E-state index is 0. The number of anilines is 1. The first-order chi connectivity index (χ1) is 13.2. The first-order valence-corrected chi connectivity index (χ1v) is 11.3. The van der Waals surface area contributed by atoms with Crippen molar-refractivity contribution in [3.63, 3.8) is 0 Å². The second-order valence-electron chi connectivity index (χ2n) is 7.29. The summed E-state index contributed by atoms with van der Waals surface area (Å²) in [5, 5.41) is 4.21. The molecule has 1 N–H and O–H groups in total. The number of halogens is 1. The van der Waals surface area contributed by atoms with Gasteiger partial charge < -0.3 is 20.0 Å². The van der Waals surface area contributed by atoms with Crippen LogP contribution in [-0.4, -0.2) is 84.6 Å². The van der Waals surface area contributed by atoms with E-state index in [9.17, 15) is 0 Å². The van der Waals surface area contributed by atoms with Crippen molar-refractivity contribution >= 4 is 47.5 Å². The third kappa shape index (κ3) is 6.38. The second-order valence-corrected chi connectivity index (χ2v) is 8.70. The summed E-state index contributed by atoms with van der Waals surface area (Å²) in [6.07, 6.45) is 3.12. The highest BCUT2D eigenvalue weighted by Gasteiger charge is 2.22. The van der Waals surface area contributed by atoms with Crippen LogP contribution in [0.2, 0.25) is 0 Å². The van der Waals surface area contributed by atoms with Gasteiger partial charge in [0.25, 0.3) is 0 Å². The van der Waals surface area contributed by atoms with E-state index in [0.29, 0.717) is 11.8 Å². The second kappa shape index (κ2) is 12.1. The Bertz CT molecular complexity index is 620. The van der Waals surface area contributed by atoms with Crippen LogP contribution in [0.5, 0.6) is 0 Å². The van der Waals surface area contributed by atoms with E-state index < -0.39 is 0 Å². The van der Waals surface area contributed by atoms with Crippen molar-refractivity contribution < 1.29 is 0 Å². The average Bonchev–Trinajstić information content (AvgIpc) is 2.72. The average molecular weight is 519 g/mol. The molecule has 0 amide bonds. The van der Waals surface area contributed by atoms with Crippen LogP contribution in [0.15, 0.2) is 23.3 Å². The maximum absolute atomic E-state index is 4.99. The molecule has 0 aromatic carbocycles. The molecule has 0 bridgehead atoms. The first kappa shape index (κ1) is 23.5. The topological polar surface area (TPSA) is 47.0 Å². The van der Waals surface area contributed by atoms with E-state index in [1.807, 2.05) is 12.3 Å². The molecule has 1 aromatic heterocycles. The smallest absolute Gasteiger partial charge is 0.194 e. The van der Waals surface area contributed by atoms with Crippen molar-refractivity contribution in [2.45, 2.75) is 32.1 Å². The monoisotopic (exact) mass is 518 g/mol. The normalized spacial score (nSPS) is 21.4. The van der Waals surface area contributed by atoms with Gasteiger partial charge in [0, 0.05) is 68.6 Å². The number of aromatic nitrogens is 1. The molecule has 2 fully saturated rings. The van der Waals surface area contributed by atoms with Gasteiger partial charge in [0.15, 0.2) is 5.96 Å². The van der Waals surface area contributed by atoms with Crippen molar-refractivity contribution in [1.82, 2.24) is 20.1 Å². The summed E-state index contributed by atoms with van der Waals surface area (Å²) >= 11 is 2.09. The van der Waals surface area contributed by atoms with Gasteiger partial charge in [0.1, 0.15) is 5.82 Å². The van der Waals surface area contributed by atoms with Gasteiger partial charge in [-0.15, -0.1) is 24.0 Å². The molecule has 0 radical (unpaired) electrons. The molecule has 2 aliphatic heterocycles. The van der Waals surface area contributed by atoms with E-state index in [4.69, 9.17) is 4.99 Å². The van der Waals surface area contributed by atoms with Gasteiger partial charge in [0.2, 0.25) is 0 Å². The number of hydrogen-bond acceptors (Lipinski definition) is 5. The molecule has 2 saturated heterocycles. The number of thioether (sulfide) groups is 1. The van der Waals surface area contributed by atoms with Crippen LogP contribution < -0.4 is 10.2 Å². The third-order valence-corrected chi connectivity index (χ3v) is 6.67. The van der Waals surface area contributed by atoms with E-state index in [1.54, 1.807) is 0 Å². The van der Waals surface area contributed by atoms with Crippen molar-refractivity contribution in [3.8, 4) is 0 Å². The Balaban J connectivity index is 0.00000280. The molecule has 0 spiro atoms. The molecule has 2 aliphatic rings. The highest BCUT2D eigenvalue weighted by atomic mass is 127. The molecule has 158 valence electrons. The summed E-state index contributed by atoms with van der Waals surface area (Å²) in [5.41, 5.74) is 1.22. The zero-order valence-corrected chi connectivity index (χ0v) is 20.6. The number of nitrogens with one attached hydrogen (secondary N) is 1. The molecule has 3 heterocycles. The molecule has 6 nitrogen and oxygen atoms in total. The number of rotatable bonds is 5. The van der Waals surface area contributed by atoms with Gasteiger partial charge in [-0.2, -0.15) is 11.8 Å². The molecule has 0 saturated carbocycles. The molecule has 3 rings (SSSR count). The molecular formula is C20H35IN6S. The number of guanidine groups is 1. The van der Waals surface area contributed by atoms with Gasteiger partial charge in [-0.25, -0.2) is 9.98 Å². The van der Waals surface area contributed by atoms with Crippen LogP contribution in [0.1, 0.15) is 25.8 Å². The zero-order valence-electron chi connectivity index (χ0n) is 17.4. The lowest BCUT2D eigenvalue weighted by Gasteiger charge is -2.35. The Morgan fingerprint density at radius 3 is 2.75 bits per heavy atom. The maximum atomic E-state index is 4.99. The standard InChI is InChI=1S/C20H34N6S.HI/c1-4-18-16-26(13-14-27-18)20(21-5-2)23-15-17-7-6-8-22-19(17)25-11-9-24(3)10-12-25;/h6-8,18H,4-5,9-16H2,1-3H3,(H,21,23);1H. The number of hydrogen-bond donors (Lipinski definition) is 1. The lowest BCUT2D eigenvalue weighted by molar-refractivity contribution is 0.312. The Labute approximate surface area is 191 Å². The number of aliphatic imine (C=N–C) groups is 1. The molecule has 1 aromatic rings. The van der Waals surface area contributed by atoms with Crippen LogP contribution in [0.3, 0.4) is 0 Å². The molecule has 1 atom stereocenters. The number of likely N-dealkylation sites (N-methyl/N-ethyl adjacent to an activating group) is 1. The van der Waals surface area contributed by atoms with Crippen molar-refractivity contribution in [2.75, 3.05) is 63.5 Å². The summed E-state index contributed by atoms with van der Waals surface area (Å²) < 4.78 is 0. The van der Waals surface area contributed by atoms with Crippen LogP contribution in [0, 0.1) is 0 Å². The first-order valence-electron chi connectivity index (χ1n) is 10.2. The highest BCUT2D eigenvalue weighted by molar-refractivity contribution is 14.0. The molecule has 8 heteroatoms. The van der Waals surface area contributed by atoms with Crippen LogP contribution in [0.25, 0.3) is 0 Å². The molecule has 28 heavy (non-hydrogen) atoms. The van der Waals surface area contributed by atoms with Gasteiger partial charge >= 0.3 is 0 Å². The summed E-state index contributed by atoms with van der Waals surface area (Å²) in [7, 11) is 2.18. The Morgan fingerprint density at radius 2 is 2.04 bits per heavy atom. The largest absolute Gasteiger partial charge is 0.357 e. The Kier molecular flexibility index (Phi) is 10.1. The minimum Gasteiger partial charge on any atom is -0.357 e. The fourth-order valence-corrected chi connectivity index (χ4v) is 4.78. The summed E-state index contributed by atoms with van der Waals surface area (Å²) in [6, 6.07) is 4.20. The van der Waals surface area contributed by atoms with Gasteiger partial charge in [0.05, 0.1) is 6.54 Å². The SMILES string of the molecule is CCNC(=NCc1cccnc1N1CCN(C)CC1)N1CCSC(CC)C1.I. The lowest BCUT2D eigenvalue weighted by Crippen LogP contribution is -2.48. The van der Waals surface area contributed by atoms with Crippen molar-refractivity contribution in [3.05, 3.63) is 23.9 Å². The number of pyridine rings is 1. The molecule has 0 aliphatic carbocycles. The summed E-state index contributed by atoms with van der Waals surface area (Å²) in [6.45, 7) is 12.4. The van der Waals surface area contributed by atoms with Crippen molar-refractivity contribution in [1.29, 1.82) is 0 Å². The zero-order chi connectivity index (χ0) is 19.1. The lowest BCUT2D eigenvalue weighted by atomic mass is 10.2. The van der Waals surface area contributed by atoms with Gasteiger partial charge in [-0.1, -0.05) is 13.0 Å². The Hall–Kier alpha value is -0.740. The fourth-order valence-electron chi connectivity index (χ4n) is 3.60. The maximum Gasteiger partial charge on any atom is 0.194 e. The fraction of sp³-hybridized carbons (Fsp3) is 0.700. The van der Waals surface area contributed by atoms with Crippen LogP contribution >= 0.6 is 35.7 Å². The van der Waals surface area contributed by atoms with E-state index >= 15 is 0 Å². The van der Waals surface area contributed by atoms with Gasteiger partial charge in [-0.3, -0.25) is 0 Å². The Morgan fingerprint density at radius 1 is 1.25 bits per heavy atom. The number of nitrogens with zero attached hydrogens (tertiary/aromatic N) is 5. The number of piperazine rings is 1. The highest BCUT2D eigenvalue weighted by Crippen LogP contribution is 2.22. The minimum atomic E-state index is 0. The predicted molar refractivity (Wildman–Crippen MR) is 132 cm³/mol. The van der Waals surface area contributed by atoms with E-state index in [-0.39, 0.29) is 24.0 Å². The van der Waals surface area contributed by atoms with E-state index in [2.05, 4.69) is 63.7 Å².